The molecule has 0 saturated carbocycles. The van der Waals surface area contributed by atoms with Gasteiger partial charge in [-0.05, 0) is 58.1 Å². The highest BCUT2D eigenvalue weighted by atomic mass is 16.5. The molecule has 0 unspecified atom stereocenters. The Morgan fingerprint density at radius 2 is 1.75 bits per heavy atom. The summed E-state index contributed by atoms with van der Waals surface area (Å²) in [5.41, 5.74) is 1.23. The van der Waals surface area contributed by atoms with Gasteiger partial charge in [0.25, 0.3) is 0 Å². The molecule has 0 spiro atoms. The monoisotopic (exact) mass is 276 g/mol. The van der Waals surface area contributed by atoms with E-state index in [1.165, 1.54) is 44.3 Å². The lowest BCUT2D eigenvalue weighted by atomic mass is 10.0. The van der Waals surface area contributed by atoms with Crippen molar-refractivity contribution in [3.63, 3.8) is 0 Å². The summed E-state index contributed by atoms with van der Waals surface area (Å²) in [5.74, 6) is 1.04. The molecule has 2 atom stereocenters. The second-order valence-electron chi connectivity index (χ2n) is 6.39. The first kappa shape index (κ1) is 15.4. The van der Waals surface area contributed by atoms with Crippen LogP contribution in [0.4, 0.5) is 0 Å². The summed E-state index contributed by atoms with van der Waals surface area (Å²) >= 11 is 0. The Morgan fingerprint density at radius 1 is 1.05 bits per heavy atom. The number of piperidine rings is 1. The normalized spacial score (nSPS) is 19.6. The molecule has 2 nitrogen and oxygen atoms in total. The third-order valence-electron chi connectivity index (χ3n) is 4.62. The molecule has 1 N–H and O–H groups in total. The predicted molar refractivity (Wildman–Crippen MR) is 84.5 cm³/mol. The Hall–Kier alpha value is -1.02. The van der Waals surface area contributed by atoms with Crippen LogP contribution in [0.25, 0.3) is 0 Å². The molecule has 0 aliphatic carbocycles. The highest BCUT2D eigenvalue weighted by Crippen LogP contribution is 2.19. The van der Waals surface area contributed by atoms with Gasteiger partial charge in [-0.15, -0.1) is 0 Å². The van der Waals surface area contributed by atoms with E-state index < -0.39 is 0 Å². The Morgan fingerprint density at radius 3 is 2.45 bits per heavy atom. The summed E-state index contributed by atoms with van der Waals surface area (Å²) in [6.45, 7) is 9.46. The molecule has 2 heteroatoms. The van der Waals surface area contributed by atoms with Gasteiger partial charge >= 0.3 is 0 Å². The van der Waals surface area contributed by atoms with E-state index in [0.717, 1.165) is 18.2 Å². The van der Waals surface area contributed by atoms with Crippen molar-refractivity contribution in [1.82, 2.24) is 0 Å². The lowest BCUT2D eigenvalue weighted by molar-refractivity contribution is -0.928. The molecule has 0 bridgehead atoms. The van der Waals surface area contributed by atoms with Crippen molar-refractivity contribution in [2.75, 3.05) is 13.1 Å². The average Bonchev–Trinajstić information content (AvgIpc) is 2.48. The fraction of sp³-hybridized carbons (Fsp3) is 0.667. The van der Waals surface area contributed by atoms with Gasteiger partial charge in [0.1, 0.15) is 5.75 Å². The number of ether oxygens (including phenoxy) is 1. The van der Waals surface area contributed by atoms with Crippen molar-refractivity contribution in [3.8, 4) is 5.75 Å². The van der Waals surface area contributed by atoms with Gasteiger partial charge < -0.3 is 9.64 Å². The van der Waals surface area contributed by atoms with E-state index in [1.54, 1.807) is 4.90 Å². The van der Waals surface area contributed by atoms with Crippen LogP contribution in [0.15, 0.2) is 24.3 Å². The summed E-state index contributed by atoms with van der Waals surface area (Å²) in [5, 5.41) is 0. The van der Waals surface area contributed by atoms with Crippen LogP contribution < -0.4 is 9.64 Å². The molecular weight excluding hydrogens is 246 g/mol. The van der Waals surface area contributed by atoms with E-state index in [2.05, 4.69) is 45.0 Å². The Balaban J connectivity index is 1.74. The van der Waals surface area contributed by atoms with Crippen LogP contribution in [0.3, 0.4) is 0 Å². The highest BCUT2D eigenvalue weighted by molar-refractivity contribution is 5.31. The summed E-state index contributed by atoms with van der Waals surface area (Å²) < 4.78 is 6.07. The second kappa shape index (κ2) is 7.68. The zero-order valence-corrected chi connectivity index (χ0v) is 13.3. The molecule has 0 radical (unpaired) electrons. The smallest absolute Gasteiger partial charge is 0.122 e. The van der Waals surface area contributed by atoms with Crippen molar-refractivity contribution in [2.24, 2.45) is 0 Å². The van der Waals surface area contributed by atoms with Crippen molar-refractivity contribution in [1.29, 1.82) is 0 Å². The molecule has 0 amide bonds. The van der Waals surface area contributed by atoms with Crippen molar-refractivity contribution in [2.45, 2.75) is 65.0 Å². The van der Waals surface area contributed by atoms with Gasteiger partial charge in [0.05, 0.1) is 25.2 Å². The molecule has 1 aliphatic heterocycles. The Labute approximate surface area is 124 Å². The molecule has 112 valence electrons. The van der Waals surface area contributed by atoms with Crippen LogP contribution in [0, 0.1) is 6.92 Å². The molecule has 1 aromatic rings. The summed E-state index contributed by atoms with van der Waals surface area (Å²) in [6.07, 6.45) is 6.98. The van der Waals surface area contributed by atoms with E-state index in [9.17, 15) is 0 Å². The lowest BCUT2D eigenvalue weighted by Crippen LogP contribution is -3.16. The zero-order valence-electron chi connectivity index (χ0n) is 13.3. The number of nitrogens with one attached hydrogen (secondary N) is 1. The van der Waals surface area contributed by atoms with Gasteiger partial charge in [-0.1, -0.05) is 18.2 Å². The molecule has 2 rings (SSSR count). The number of hydrogen-bond acceptors (Lipinski definition) is 1. The van der Waals surface area contributed by atoms with Gasteiger partial charge in [-0.3, -0.25) is 0 Å². The zero-order chi connectivity index (χ0) is 14.4. The maximum Gasteiger partial charge on any atom is 0.122 e. The lowest BCUT2D eigenvalue weighted by Gasteiger charge is -2.30. The third-order valence-corrected chi connectivity index (χ3v) is 4.62. The molecule has 1 heterocycles. The largest absolute Gasteiger partial charge is 0.490 e. The minimum absolute atomic E-state index is 0.308. The van der Waals surface area contributed by atoms with E-state index in [1.807, 2.05) is 0 Å². The van der Waals surface area contributed by atoms with Crippen LogP contribution in [0.5, 0.6) is 5.75 Å². The van der Waals surface area contributed by atoms with Crippen molar-refractivity contribution < 1.29 is 9.64 Å². The summed E-state index contributed by atoms with van der Waals surface area (Å²) in [7, 11) is 0. The van der Waals surface area contributed by atoms with Crippen molar-refractivity contribution >= 4 is 0 Å². The number of aryl methyl sites for hydroxylation is 1. The van der Waals surface area contributed by atoms with E-state index in [-0.39, 0.29) is 0 Å². The fourth-order valence-electron chi connectivity index (χ4n) is 3.15. The van der Waals surface area contributed by atoms with Crippen LogP contribution in [-0.4, -0.2) is 25.2 Å². The van der Waals surface area contributed by atoms with Crippen LogP contribution in [-0.2, 0) is 0 Å². The van der Waals surface area contributed by atoms with Crippen LogP contribution in [0.2, 0.25) is 0 Å². The topological polar surface area (TPSA) is 13.7 Å². The van der Waals surface area contributed by atoms with Crippen LogP contribution in [0.1, 0.15) is 51.5 Å². The number of quaternary nitrogens is 1. The third kappa shape index (κ3) is 4.52. The molecule has 0 aromatic heterocycles. The fourth-order valence-corrected chi connectivity index (χ4v) is 3.15. The first-order chi connectivity index (χ1) is 9.66. The molecule has 20 heavy (non-hydrogen) atoms. The number of likely N-dealkylation sites (tertiary alicyclic amines) is 1. The summed E-state index contributed by atoms with van der Waals surface area (Å²) in [6, 6.07) is 9.08. The number of para-hydroxylation sites is 1. The average molecular weight is 276 g/mol. The first-order valence-corrected chi connectivity index (χ1v) is 8.23. The maximum atomic E-state index is 6.07. The number of benzene rings is 1. The van der Waals surface area contributed by atoms with Gasteiger partial charge in [0, 0.05) is 6.42 Å². The SMILES string of the molecule is Cc1ccccc1O[C@@H](C)CC[C@H](C)[NH+]1CCCCC1. The maximum absolute atomic E-state index is 6.07. The Kier molecular flexibility index (Phi) is 5.90. The Bertz CT molecular complexity index is 398. The van der Waals surface area contributed by atoms with Crippen molar-refractivity contribution in [3.05, 3.63) is 29.8 Å². The second-order valence-corrected chi connectivity index (χ2v) is 6.39. The quantitative estimate of drug-likeness (QED) is 0.843. The van der Waals surface area contributed by atoms with E-state index >= 15 is 0 Å². The van der Waals surface area contributed by atoms with Gasteiger partial charge in [-0.2, -0.15) is 0 Å². The number of hydrogen-bond donors (Lipinski definition) is 1. The molecule has 1 fully saturated rings. The van der Waals surface area contributed by atoms with Crippen LogP contribution >= 0.6 is 0 Å². The minimum Gasteiger partial charge on any atom is -0.490 e. The number of rotatable bonds is 6. The van der Waals surface area contributed by atoms with E-state index in [0.29, 0.717) is 6.10 Å². The highest BCUT2D eigenvalue weighted by Gasteiger charge is 2.20. The predicted octanol–water partition coefficient (Wildman–Crippen LogP) is 3.00. The first-order valence-electron chi connectivity index (χ1n) is 8.23. The molecule has 1 aliphatic rings. The van der Waals surface area contributed by atoms with Gasteiger partial charge in [0.2, 0.25) is 0 Å². The standard InChI is InChI=1S/C18H29NO/c1-15-9-5-6-10-18(15)20-17(3)12-11-16(2)19-13-7-4-8-14-19/h5-6,9-10,16-17H,4,7-8,11-14H2,1-3H3/p+1/t16-,17-/m0/s1. The summed E-state index contributed by atoms with van der Waals surface area (Å²) in [4.78, 5) is 1.80. The molecule has 1 aromatic carbocycles. The van der Waals surface area contributed by atoms with E-state index in [4.69, 9.17) is 4.74 Å². The molecular formula is C18H30NO+. The van der Waals surface area contributed by atoms with Gasteiger partial charge in [-0.25, -0.2) is 0 Å². The van der Waals surface area contributed by atoms with Gasteiger partial charge in [0.15, 0.2) is 0 Å². The minimum atomic E-state index is 0.308. The molecule has 1 saturated heterocycles.